The molecular weight excluding hydrogens is 292 g/mol. The molecule has 1 unspecified atom stereocenters. The Hall–Kier alpha value is -1.85. The normalized spacial score (nSPS) is 13.3. The number of aliphatic hydroxyl groups excluding tert-OH is 1. The van der Waals surface area contributed by atoms with Crippen LogP contribution in [0.25, 0.3) is 11.5 Å². The van der Waals surface area contributed by atoms with Gasteiger partial charge in [-0.3, -0.25) is 4.90 Å². The van der Waals surface area contributed by atoms with Gasteiger partial charge in [0.15, 0.2) is 0 Å². The molecular formula is C18H26N2O3. The summed E-state index contributed by atoms with van der Waals surface area (Å²) in [5.74, 6) is 1.39. The fraction of sp³-hybridized carbons (Fsp3) is 0.500. The molecule has 1 N–H and O–H groups in total. The Morgan fingerprint density at radius 1 is 1.26 bits per heavy atom. The minimum absolute atomic E-state index is 0.00789. The topological polar surface area (TPSA) is 58.7 Å². The van der Waals surface area contributed by atoms with Crippen LogP contribution in [0.4, 0.5) is 0 Å². The van der Waals surface area contributed by atoms with Crippen molar-refractivity contribution in [2.45, 2.75) is 33.4 Å². The molecule has 0 fully saturated rings. The quantitative estimate of drug-likeness (QED) is 0.886. The predicted molar refractivity (Wildman–Crippen MR) is 90.3 cm³/mol. The van der Waals surface area contributed by atoms with E-state index in [1.807, 2.05) is 31.3 Å². The van der Waals surface area contributed by atoms with Crippen molar-refractivity contribution in [3.05, 3.63) is 36.2 Å². The van der Waals surface area contributed by atoms with Crippen LogP contribution in [-0.4, -0.2) is 41.8 Å². The van der Waals surface area contributed by atoms with Gasteiger partial charge in [-0.1, -0.05) is 20.8 Å². The molecule has 0 aliphatic heterocycles. The van der Waals surface area contributed by atoms with Crippen molar-refractivity contribution in [1.29, 1.82) is 0 Å². The maximum atomic E-state index is 9.65. The van der Waals surface area contributed by atoms with Gasteiger partial charge in [-0.05, 0) is 36.7 Å². The molecule has 2 rings (SSSR count). The van der Waals surface area contributed by atoms with E-state index in [9.17, 15) is 5.11 Å². The van der Waals surface area contributed by atoms with Gasteiger partial charge in [-0.2, -0.15) is 0 Å². The SMILES string of the molecule is COc1ccc(-c2nc(CN(C)C(CO)C(C)(C)C)co2)cc1. The van der Waals surface area contributed by atoms with E-state index in [1.54, 1.807) is 13.4 Å². The molecule has 0 spiro atoms. The van der Waals surface area contributed by atoms with Crippen LogP contribution in [0, 0.1) is 5.41 Å². The molecule has 0 aliphatic carbocycles. The van der Waals surface area contributed by atoms with Gasteiger partial charge in [-0.25, -0.2) is 4.98 Å². The monoisotopic (exact) mass is 318 g/mol. The summed E-state index contributed by atoms with van der Waals surface area (Å²) in [5.41, 5.74) is 1.75. The number of ether oxygens (including phenoxy) is 1. The molecule has 5 heteroatoms. The summed E-state index contributed by atoms with van der Waals surface area (Å²) in [6, 6.07) is 7.66. The van der Waals surface area contributed by atoms with Gasteiger partial charge < -0.3 is 14.3 Å². The first-order chi connectivity index (χ1) is 10.8. The lowest BCUT2D eigenvalue weighted by Gasteiger charge is -2.36. The number of oxazole rings is 1. The van der Waals surface area contributed by atoms with Gasteiger partial charge in [0.05, 0.1) is 19.4 Å². The largest absolute Gasteiger partial charge is 0.497 e. The van der Waals surface area contributed by atoms with Crippen molar-refractivity contribution < 1.29 is 14.3 Å². The fourth-order valence-corrected chi connectivity index (χ4v) is 2.69. The summed E-state index contributed by atoms with van der Waals surface area (Å²) in [4.78, 5) is 6.65. The molecule has 1 heterocycles. The second-order valence-electron chi connectivity index (χ2n) is 6.85. The van der Waals surface area contributed by atoms with E-state index >= 15 is 0 Å². The van der Waals surface area contributed by atoms with E-state index in [-0.39, 0.29) is 18.1 Å². The number of methoxy groups -OCH3 is 1. The first kappa shape index (κ1) is 17.5. The van der Waals surface area contributed by atoms with Crippen molar-refractivity contribution in [3.63, 3.8) is 0 Å². The number of aliphatic hydroxyl groups is 1. The van der Waals surface area contributed by atoms with Crippen molar-refractivity contribution in [1.82, 2.24) is 9.88 Å². The number of nitrogens with zero attached hydrogens (tertiary/aromatic N) is 2. The second kappa shape index (κ2) is 7.15. The zero-order valence-electron chi connectivity index (χ0n) is 14.5. The third kappa shape index (κ3) is 4.33. The van der Waals surface area contributed by atoms with Gasteiger partial charge in [0.25, 0.3) is 0 Å². The molecule has 126 valence electrons. The third-order valence-electron chi connectivity index (χ3n) is 4.00. The number of likely N-dealkylation sites (N-methyl/N-ethyl adjacent to an activating group) is 1. The minimum atomic E-state index is -0.00789. The van der Waals surface area contributed by atoms with Crippen LogP contribution in [0.1, 0.15) is 26.5 Å². The van der Waals surface area contributed by atoms with Crippen molar-refractivity contribution in [2.75, 3.05) is 20.8 Å². The van der Waals surface area contributed by atoms with Gasteiger partial charge in [-0.15, -0.1) is 0 Å². The average molecular weight is 318 g/mol. The Bertz CT molecular complexity index is 614. The summed E-state index contributed by atoms with van der Waals surface area (Å²) in [6.45, 7) is 7.10. The highest BCUT2D eigenvalue weighted by Gasteiger charge is 2.28. The van der Waals surface area contributed by atoms with Crippen molar-refractivity contribution in [3.8, 4) is 17.2 Å². The van der Waals surface area contributed by atoms with Crippen LogP contribution in [0.3, 0.4) is 0 Å². The Labute approximate surface area is 137 Å². The smallest absolute Gasteiger partial charge is 0.226 e. The van der Waals surface area contributed by atoms with E-state index in [1.165, 1.54) is 0 Å². The van der Waals surface area contributed by atoms with Gasteiger partial charge in [0, 0.05) is 18.2 Å². The van der Waals surface area contributed by atoms with Crippen molar-refractivity contribution >= 4 is 0 Å². The molecule has 1 aromatic heterocycles. The Balaban J connectivity index is 2.09. The highest BCUT2D eigenvalue weighted by atomic mass is 16.5. The molecule has 23 heavy (non-hydrogen) atoms. The molecule has 1 atom stereocenters. The fourth-order valence-electron chi connectivity index (χ4n) is 2.69. The van der Waals surface area contributed by atoms with E-state index < -0.39 is 0 Å². The molecule has 1 aromatic carbocycles. The zero-order chi connectivity index (χ0) is 17.0. The highest BCUT2D eigenvalue weighted by molar-refractivity contribution is 5.54. The van der Waals surface area contributed by atoms with Crippen LogP contribution >= 0.6 is 0 Å². The number of hydrogen-bond acceptors (Lipinski definition) is 5. The van der Waals surface area contributed by atoms with Gasteiger partial charge >= 0.3 is 0 Å². The van der Waals surface area contributed by atoms with E-state index in [4.69, 9.17) is 9.15 Å². The molecule has 5 nitrogen and oxygen atoms in total. The summed E-state index contributed by atoms with van der Waals surface area (Å²) in [6.07, 6.45) is 1.67. The standard InChI is InChI=1S/C18H26N2O3/c1-18(2,3)16(11-21)20(4)10-14-12-23-17(19-14)13-6-8-15(22-5)9-7-13/h6-9,12,16,21H,10-11H2,1-5H3. The maximum Gasteiger partial charge on any atom is 0.226 e. The molecule has 0 radical (unpaired) electrons. The molecule has 0 bridgehead atoms. The zero-order valence-corrected chi connectivity index (χ0v) is 14.5. The lowest BCUT2D eigenvalue weighted by molar-refractivity contribution is 0.0606. The molecule has 0 amide bonds. The number of hydrogen-bond donors (Lipinski definition) is 1. The minimum Gasteiger partial charge on any atom is -0.497 e. The Morgan fingerprint density at radius 2 is 1.91 bits per heavy atom. The van der Waals surface area contributed by atoms with Crippen molar-refractivity contribution in [2.24, 2.45) is 5.41 Å². The number of benzene rings is 1. The molecule has 0 aliphatic rings. The summed E-state index contributed by atoms with van der Waals surface area (Å²) >= 11 is 0. The summed E-state index contributed by atoms with van der Waals surface area (Å²) < 4.78 is 10.7. The van der Waals surface area contributed by atoms with Gasteiger partial charge in [0.2, 0.25) is 5.89 Å². The van der Waals surface area contributed by atoms with Crippen LogP contribution in [0.15, 0.2) is 34.9 Å². The average Bonchev–Trinajstić information content (AvgIpc) is 2.95. The third-order valence-corrected chi connectivity index (χ3v) is 4.00. The van der Waals surface area contributed by atoms with Crippen LogP contribution in [0.2, 0.25) is 0 Å². The van der Waals surface area contributed by atoms with E-state index in [0.29, 0.717) is 12.4 Å². The lowest BCUT2D eigenvalue weighted by atomic mass is 9.86. The van der Waals surface area contributed by atoms with E-state index in [2.05, 4.69) is 30.7 Å². The van der Waals surface area contributed by atoms with Crippen LogP contribution in [0.5, 0.6) is 5.75 Å². The van der Waals surface area contributed by atoms with Crippen LogP contribution < -0.4 is 4.74 Å². The predicted octanol–water partition coefficient (Wildman–Crippen LogP) is 3.19. The second-order valence-corrected chi connectivity index (χ2v) is 6.85. The molecule has 0 saturated carbocycles. The Kier molecular flexibility index (Phi) is 5.44. The maximum absolute atomic E-state index is 9.65. The highest BCUT2D eigenvalue weighted by Crippen LogP contribution is 2.26. The number of rotatable bonds is 6. The summed E-state index contributed by atoms with van der Waals surface area (Å²) in [7, 11) is 3.63. The Morgan fingerprint density at radius 3 is 2.43 bits per heavy atom. The molecule has 0 saturated heterocycles. The van der Waals surface area contributed by atoms with E-state index in [0.717, 1.165) is 17.0 Å². The summed E-state index contributed by atoms with van der Waals surface area (Å²) in [5, 5.41) is 9.65. The first-order valence-electron chi connectivity index (χ1n) is 7.75. The van der Waals surface area contributed by atoms with Crippen LogP contribution in [-0.2, 0) is 6.54 Å². The lowest BCUT2D eigenvalue weighted by Crippen LogP contribution is -2.44. The first-order valence-corrected chi connectivity index (χ1v) is 7.75. The van der Waals surface area contributed by atoms with Gasteiger partial charge in [0.1, 0.15) is 12.0 Å². The number of aromatic nitrogens is 1. The molecule has 2 aromatic rings.